The Kier molecular flexibility index (Phi) is 5.46. The van der Waals surface area contributed by atoms with Gasteiger partial charge in [-0.15, -0.1) is 0 Å². The molecule has 0 aromatic rings. The van der Waals surface area contributed by atoms with Crippen LogP contribution < -0.4 is 5.32 Å². The first-order valence-electron chi connectivity index (χ1n) is 4.60. The van der Waals surface area contributed by atoms with Crippen LogP contribution in [0.1, 0.15) is 27.7 Å². The summed E-state index contributed by atoms with van der Waals surface area (Å²) in [5, 5.41) is 3.04. The molecule has 1 N–H and O–H groups in total. The predicted octanol–water partition coefficient (Wildman–Crippen LogP) is 1.38. The van der Waals surface area contributed by atoms with Gasteiger partial charge in [-0.25, -0.2) is 0 Å². The van der Waals surface area contributed by atoms with Crippen molar-refractivity contribution in [1.29, 1.82) is 0 Å². The highest BCUT2D eigenvalue weighted by atomic mass is 16.7. The van der Waals surface area contributed by atoms with Crippen LogP contribution in [0.25, 0.3) is 0 Å². The highest BCUT2D eigenvalue weighted by molar-refractivity contribution is 4.71. The molecule has 1 aliphatic heterocycles. The summed E-state index contributed by atoms with van der Waals surface area (Å²) < 4.78 is 10.8. The Bertz CT molecular complexity index is 115. The molecule has 0 radical (unpaired) electrons. The second-order valence-corrected chi connectivity index (χ2v) is 3.01. The molecule has 3 nitrogen and oxygen atoms in total. The molecule has 1 unspecified atom stereocenters. The zero-order chi connectivity index (χ0) is 9.61. The molecule has 1 fully saturated rings. The van der Waals surface area contributed by atoms with Crippen LogP contribution in [0, 0.1) is 0 Å². The van der Waals surface area contributed by atoms with Gasteiger partial charge in [0, 0.05) is 6.54 Å². The van der Waals surface area contributed by atoms with Crippen LogP contribution >= 0.6 is 0 Å². The maximum atomic E-state index is 5.50. The number of hydrogen-bond acceptors (Lipinski definition) is 3. The van der Waals surface area contributed by atoms with Gasteiger partial charge in [-0.2, -0.15) is 0 Å². The summed E-state index contributed by atoms with van der Waals surface area (Å²) in [5.74, 6) is -0.373. The minimum atomic E-state index is -0.373. The average Bonchev–Trinajstić information content (AvgIpc) is 2.35. The fourth-order valence-electron chi connectivity index (χ4n) is 1.09. The van der Waals surface area contributed by atoms with Gasteiger partial charge in [-0.05, 0) is 20.9 Å². The van der Waals surface area contributed by atoms with Crippen molar-refractivity contribution in [2.24, 2.45) is 0 Å². The fraction of sp³-hybridized carbons (Fsp3) is 1.00. The first kappa shape index (κ1) is 11.9. The van der Waals surface area contributed by atoms with Gasteiger partial charge in [-0.3, -0.25) is 0 Å². The highest BCUT2D eigenvalue weighted by Crippen LogP contribution is 2.21. The first-order chi connectivity index (χ1) is 5.64. The largest absolute Gasteiger partial charge is 0.348 e. The lowest BCUT2D eigenvalue weighted by atomic mass is 10.4. The lowest BCUT2D eigenvalue weighted by molar-refractivity contribution is -0.137. The maximum absolute atomic E-state index is 5.50. The van der Waals surface area contributed by atoms with Gasteiger partial charge in [0.2, 0.25) is 0 Å². The van der Waals surface area contributed by atoms with Gasteiger partial charge < -0.3 is 14.8 Å². The van der Waals surface area contributed by atoms with Crippen LogP contribution in [-0.2, 0) is 9.47 Å². The Morgan fingerprint density at radius 1 is 1.42 bits per heavy atom. The minimum absolute atomic E-state index is 0.222. The van der Waals surface area contributed by atoms with E-state index in [-0.39, 0.29) is 11.9 Å². The molecule has 12 heavy (non-hydrogen) atoms. The fourth-order valence-corrected chi connectivity index (χ4v) is 1.09. The van der Waals surface area contributed by atoms with Crippen molar-refractivity contribution in [3.63, 3.8) is 0 Å². The molecule has 1 aliphatic rings. The Labute approximate surface area is 75.4 Å². The van der Waals surface area contributed by atoms with Crippen LogP contribution in [0.3, 0.4) is 0 Å². The van der Waals surface area contributed by atoms with E-state index in [9.17, 15) is 0 Å². The Balaban J connectivity index is 0.000000561. The summed E-state index contributed by atoms with van der Waals surface area (Å²) in [6.45, 7) is 9.43. The quantitative estimate of drug-likeness (QED) is 0.688. The van der Waals surface area contributed by atoms with E-state index in [0.717, 1.165) is 6.54 Å². The summed E-state index contributed by atoms with van der Waals surface area (Å²) in [5.41, 5.74) is 0. The molecule has 0 aliphatic carbocycles. The third-order valence-electron chi connectivity index (χ3n) is 1.50. The lowest BCUT2D eigenvalue weighted by Crippen LogP contribution is -2.28. The molecular formula is C9H21NO2. The van der Waals surface area contributed by atoms with Crippen molar-refractivity contribution < 1.29 is 9.47 Å². The molecule has 0 aromatic carbocycles. The van der Waals surface area contributed by atoms with E-state index in [1.165, 1.54) is 0 Å². The zero-order valence-electron chi connectivity index (χ0n) is 8.81. The normalized spacial score (nSPS) is 26.2. The summed E-state index contributed by atoms with van der Waals surface area (Å²) in [4.78, 5) is 0. The second kappa shape index (κ2) is 5.51. The minimum Gasteiger partial charge on any atom is -0.348 e. The van der Waals surface area contributed by atoms with Gasteiger partial charge in [0.25, 0.3) is 0 Å². The molecule has 0 saturated carbocycles. The number of likely N-dealkylation sites (N-methyl/N-ethyl adjacent to an activating group) is 1. The topological polar surface area (TPSA) is 30.5 Å². The van der Waals surface area contributed by atoms with Crippen molar-refractivity contribution in [3.05, 3.63) is 0 Å². The standard InChI is InChI=1S/C7H15NO2.C2H6/c1-7(2)9-5-6(10-7)4-8-3;1-2/h6,8H,4-5H2,1-3H3;1-2H3. The predicted molar refractivity (Wildman–Crippen MR) is 50.2 cm³/mol. The van der Waals surface area contributed by atoms with Crippen molar-refractivity contribution in [3.8, 4) is 0 Å². The van der Waals surface area contributed by atoms with Gasteiger partial charge in [0.05, 0.1) is 12.7 Å². The summed E-state index contributed by atoms with van der Waals surface area (Å²) >= 11 is 0. The van der Waals surface area contributed by atoms with Crippen LogP contribution in [0.4, 0.5) is 0 Å². The molecular weight excluding hydrogens is 154 g/mol. The Morgan fingerprint density at radius 3 is 2.33 bits per heavy atom. The SMILES string of the molecule is CC.CNCC1COC(C)(C)O1. The third kappa shape index (κ3) is 4.04. The number of ether oxygens (including phenoxy) is 2. The monoisotopic (exact) mass is 175 g/mol. The van der Waals surface area contributed by atoms with Crippen LogP contribution in [0.15, 0.2) is 0 Å². The molecule has 0 amide bonds. The summed E-state index contributed by atoms with van der Waals surface area (Å²) in [6, 6.07) is 0. The van der Waals surface area contributed by atoms with Crippen LogP contribution in [-0.4, -0.2) is 32.1 Å². The van der Waals surface area contributed by atoms with E-state index in [2.05, 4.69) is 5.32 Å². The molecule has 1 atom stereocenters. The van der Waals surface area contributed by atoms with Gasteiger partial charge in [-0.1, -0.05) is 13.8 Å². The molecule has 0 spiro atoms. The molecule has 74 valence electrons. The average molecular weight is 175 g/mol. The third-order valence-corrected chi connectivity index (χ3v) is 1.50. The van der Waals surface area contributed by atoms with E-state index in [1.54, 1.807) is 0 Å². The van der Waals surface area contributed by atoms with Gasteiger partial charge in [0.15, 0.2) is 5.79 Å². The molecule has 0 bridgehead atoms. The Morgan fingerprint density at radius 2 is 2.00 bits per heavy atom. The van der Waals surface area contributed by atoms with Crippen molar-refractivity contribution >= 4 is 0 Å². The van der Waals surface area contributed by atoms with Crippen LogP contribution in [0.2, 0.25) is 0 Å². The van der Waals surface area contributed by atoms with E-state index in [0.29, 0.717) is 6.61 Å². The molecule has 0 aromatic heterocycles. The molecule has 1 rings (SSSR count). The van der Waals surface area contributed by atoms with Crippen LogP contribution in [0.5, 0.6) is 0 Å². The summed E-state index contributed by atoms with van der Waals surface area (Å²) in [6.07, 6.45) is 0.222. The highest BCUT2D eigenvalue weighted by Gasteiger charge is 2.31. The van der Waals surface area contributed by atoms with Crippen molar-refractivity contribution in [2.75, 3.05) is 20.2 Å². The van der Waals surface area contributed by atoms with Crippen molar-refractivity contribution in [1.82, 2.24) is 5.32 Å². The molecule has 1 heterocycles. The Hall–Kier alpha value is -0.120. The van der Waals surface area contributed by atoms with Gasteiger partial charge >= 0.3 is 0 Å². The number of hydrogen-bond donors (Lipinski definition) is 1. The lowest BCUT2D eigenvalue weighted by Gasteiger charge is -2.16. The number of rotatable bonds is 2. The van der Waals surface area contributed by atoms with E-state index in [1.807, 2.05) is 34.7 Å². The second-order valence-electron chi connectivity index (χ2n) is 3.01. The molecule has 1 saturated heterocycles. The van der Waals surface area contributed by atoms with E-state index >= 15 is 0 Å². The summed E-state index contributed by atoms with van der Waals surface area (Å²) in [7, 11) is 1.91. The van der Waals surface area contributed by atoms with Crippen molar-refractivity contribution in [2.45, 2.75) is 39.6 Å². The van der Waals surface area contributed by atoms with E-state index < -0.39 is 0 Å². The first-order valence-corrected chi connectivity index (χ1v) is 4.60. The zero-order valence-corrected chi connectivity index (χ0v) is 8.81. The molecule has 3 heteroatoms. The smallest absolute Gasteiger partial charge is 0.163 e. The van der Waals surface area contributed by atoms with E-state index in [4.69, 9.17) is 9.47 Å². The maximum Gasteiger partial charge on any atom is 0.163 e. The number of nitrogens with one attached hydrogen (secondary N) is 1. The van der Waals surface area contributed by atoms with Gasteiger partial charge in [0.1, 0.15) is 0 Å².